The third kappa shape index (κ3) is 2.42. The summed E-state index contributed by atoms with van der Waals surface area (Å²) in [5.41, 5.74) is 2.55. The molecule has 0 spiro atoms. The van der Waals surface area contributed by atoms with Gasteiger partial charge in [0.25, 0.3) is 5.91 Å². The van der Waals surface area contributed by atoms with Gasteiger partial charge in [-0.3, -0.25) is 19.7 Å². The zero-order valence-electron chi connectivity index (χ0n) is 11.7. The van der Waals surface area contributed by atoms with Crippen LogP contribution in [0.15, 0.2) is 18.2 Å². The lowest BCUT2D eigenvalue weighted by Gasteiger charge is -2.33. The molecule has 0 radical (unpaired) electrons. The lowest BCUT2D eigenvalue weighted by Crippen LogP contribution is -2.59. The van der Waals surface area contributed by atoms with E-state index in [1.165, 1.54) is 4.90 Å². The van der Waals surface area contributed by atoms with Crippen molar-refractivity contribution in [3.05, 3.63) is 34.9 Å². The number of nitrogens with zero attached hydrogens (tertiary/aromatic N) is 1. The quantitative estimate of drug-likeness (QED) is 0.808. The lowest BCUT2D eigenvalue weighted by molar-refractivity contribution is -0.138. The molecule has 1 saturated heterocycles. The number of fused-ring (bicyclic) bond motifs is 1. The fourth-order valence-corrected chi connectivity index (χ4v) is 2.76. The molecule has 1 unspecified atom stereocenters. The predicted molar refractivity (Wildman–Crippen MR) is 73.2 cm³/mol. The van der Waals surface area contributed by atoms with Crippen molar-refractivity contribution >= 4 is 17.7 Å². The largest absolute Gasteiger partial charge is 0.372 e. The van der Waals surface area contributed by atoms with E-state index < -0.39 is 17.9 Å². The number of imide groups is 1. The van der Waals surface area contributed by atoms with Crippen molar-refractivity contribution in [2.75, 3.05) is 6.54 Å². The van der Waals surface area contributed by atoms with Crippen LogP contribution in [0.1, 0.15) is 34.8 Å². The molecular weight excluding hydrogens is 272 g/mol. The van der Waals surface area contributed by atoms with E-state index in [0.717, 1.165) is 11.1 Å². The summed E-state index contributed by atoms with van der Waals surface area (Å²) >= 11 is 0. The second kappa shape index (κ2) is 5.29. The summed E-state index contributed by atoms with van der Waals surface area (Å²) in [6.45, 7) is 2.78. The molecule has 0 aliphatic carbocycles. The maximum atomic E-state index is 12.6. The van der Waals surface area contributed by atoms with Crippen molar-refractivity contribution in [2.24, 2.45) is 0 Å². The van der Waals surface area contributed by atoms with E-state index in [9.17, 15) is 14.4 Å². The SMILES string of the molecule is CCC1C(=O)NC(=O)CN1C(=O)c1ccc2c(c1)COC2. The van der Waals surface area contributed by atoms with Gasteiger partial charge in [0.05, 0.1) is 13.2 Å². The Morgan fingerprint density at radius 3 is 2.86 bits per heavy atom. The fourth-order valence-electron chi connectivity index (χ4n) is 2.76. The maximum Gasteiger partial charge on any atom is 0.255 e. The third-order valence-corrected chi connectivity index (χ3v) is 3.87. The Balaban J connectivity index is 1.89. The molecule has 0 aromatic heterocycles. The van der Waals surface area contributed by atoms with Crippen molar-refractivity contribution in [1.82, 2.24) is 10.2 Å². The molecule has 1 N–H and O–H groups in total. The van der Waals surface area contributed by atoms with Crippen LogP contribution >= 0.6 is 0 Å². The average molecular weight is 288 g/mol. The van der Waals surface area contributed by atoms with Crippen LogP contribution in [0.25, 0.3) is 0 Å². The Bertz CT molecular complexity index is 626. The first kappa shape index (κ1) is 13.8. The van der Waals surface area contributed by atoms with Gasteiger partial charge in [0.2, 0.25) is 11.8 Å². The van der Waals surface area contributed by atoms with Crippen LogP contribution in [0.4, 0.5) is 0 Å². The molecule has 6 nitrogen and oxygen atoms in total. The van der Waals surface area contributed by atoms with Gasteiger partial charge in [-0.15, -0.1) is 0 Å². The molecule has 2 aliphatic rings. The van der Waals surface area contributed by atoms with Gasteiger partial charge in [0.1, 0.15) is 12.6 Å². The smallest absolute Gasteiger partial charge is 0.255 e. The van der Waals surface area contributed by atoms with E-state index in [1.54, 1.807) is 12.1 Å². The Kier molecular flexibility index (Phi) is 3.47. The minimum atomic E-state index is -0.597. The number of hydrogen-bond acceptors (Lipinski definition) is 4. The van der Waals surface area contributed by atoms with Gasteiger partial charge < -0.3 is 9.64 Å². The van der Waals surface area contributed by atoms with E-state index >= 15 is 0 Å². The summed E-state index contributed by atoms with van der Waals surface area (Å²) in [6, 6.07) is 4.77. The highest BCUT2D eigenvalue weighted by molar-refractivity contribution is 6.07. The minimum Gasteiger partial charge on any atom is -0.372 e. The highest BCUT2D eigenvalue weighted by Crippen LogP contribution is 2.22. The summed E-state index contributed by atoms with van der Waals surface area (Å²) in [5, 5.41) is 2.27. The number of rotatable bonds is 2. The van der Waals surface area contributed by atoms with Crippen molar-refractivity contribution in [1.29, 1.82) is 0 Å². The van der Waals surface area contributed by atoms with Crippen LogP contribution in [0.5, 0.6) is 0 Å². The third-order valence-electron chi connectivity index (χ3n) is 3.87. The zero-order chi connectivity index (χ0) is 15.0. The number of carbonyl (C=O) groups excluding carboxylic acids is 3. The summed E-state index contributed by atoms with van der Waals surface area (Å²) in [4.78, 5) is 37.3. The first-order valence-corrected chi connectivity index (χ1v) is 6.94. The van der Waals surface area contributed by atoms with E-state index in [-0.39, 0.29) is 12.5 Å². The van der Waals surface area contributed by atoms with Crippen LogP contribution in [0.3, 0.4) is 0 Å². The Labute approximate surface area is 122 Å². The monoisotopic (exact) mass is 288 g/mol. The molecule has 2 heterocycles. The summed E-state index contributed by atoms with van der Waals surface area (Å²) in [7, 11) is 0. The standard InChI is InChI=1S/C15H16N2O4/c1-2-12-14(19)16-13(18)6-17(12)15(20)9-3-4-10-7-21-8-11(10)5-9/h3-5,12H,2,6-8H2,1H3,(H,16,18,19). The minimum absolute atomic E-state index is 0.0866. The molecular formula is C15H16N2O4. The second-order valence-electron chi connectivity index (χ2n) is 5.25. The van der Waals surface area contributed by atoms with E-state index in [0.29, 0.717) is 25.2 Å². The molecule has 1 atom stereocenters. The predicted octanol–water partition coefficient (Wildman–Crippen LogP) is 0.594. The highest BCUT2D eigenvalue weighted by Gasteiger charge is 2.36. The van der Waals surface area contributed by atoms with Crippen LogP contribution in [0.2, 0.25) is 0 Å². The van der Waals surface area contributed by atoms with Gasteiger partial charge in [0.15, 0.2) is 0 Å². The number of amides is 3. The van der Waals surface area contributed by atoms with Gasteiger partial charge in [0, 0.05) is 5.56 Å². The Hall–Kier alpha value is -2.21. The Morgan fingerprint density at radius 1 is 1.33 bits per heavy atom. The number of benzene rings is 1. The van der Waals surface area contributed by atoms with Crippen LogP contribution in [-0.4, -0.2) is 35.2 Å². The van der Waals surface area contributed by atoms with Crippen molar-refractivity contribution in [2.45, 2.75) is 32.6 Å². The van der Waals surface area contributed by atoms with Gasteiger partial charge in [-0.05, 0) is 29.7 Å². The second-order valence-corrected chi connectivity index (χ2v) is 5.25. The van der Waals surface area contributed by atoms with E-state index in [4.69, 9.17) is 4.74 Å². The number of hydrogen-bond donors (Lipinski definition) is 1. The van der Waals surface area contributed by atoms with E-state index in [2.05, 4.69) is 5.32 Å². The number of ether oxygens (including phenoxy) is 1. The topological polar surface area (TPSA) is 75.7 Å². The number of piperazine rings is 1. The summed E-state index contributed by atoms with van der Waals surface area (Å²) in [5.74, 6) is -1.14. The first-order valence-electron chi connectivity index (χ1n) is 6.94. The van der Waals surface area contributed by atoms with Crippen molar-refractivity contribution in [3.63, 3.8) is 0 Å². The lowest BCUT2D eigenvalue weighted by atomic mass is 10.0. The van der Waals surface area contributed by atoms with Crippen LogP contribution < -0.4 is 5.32 Å². The molecule has 3 amide bonds. The fraction of sp³-hybridized carbons (Fsp3) is 0.400. The van der Waals surface area contributed by atoms with Gasteiger partial charge >= 0.3 is 0 Å². The maximum absolute atomic E-state index is 12.6. The van der Waals surface area contributed by atoms with Gasteiger partial charge in [-0.1, -0.05) is 13.0 Å². The molecule has 21 heavy (non-hydrogen) atoms. The van der Waals surface area contributed by atoms with Gasteiger partial charge in [-0.2, -0.15) is 0 Å². The number of nitrogens with one attached hydrogen (secondary N) is 1. The molecule has 110 valence electrons. The normalized spacial score (nSPS) is 21.2. The van der Waals surface area contributed by atoms with Gasteiger partial charge in [-0.25, -0.2) is 0 Å². The molecule has 1 aromatic rings. The summed E-state index contributed by atoms with van der Waals surface area (Å²) in [6.07, 6.45) is 0.471. The van der Waals surface area contributed by atoms with Crippen LogP contribution in [-0.2, 0) is 27.5 Å². The molecule has 3 rings (SSSR count). The Morgan fingerprint density at radius 2 is 2.10 bits per heavy atom. The van der Waals surface area contributed by atoms with Crippen molar-refractivity contribution < 1.29 is 19.1 Å². The first-order chi connectivity index (χ1) is 10.1. The van der Waals surface area contributed by atoms with Crippen molar-refractivity contribution in [3.8, 4) is 0 Å². The molecule has 0 saturated carbocycles. The summed E-state index contributed by atoms with van der Waals surface area (Å²) < 4.78 is 5.33. The number of carbonyl (C=O) groups is 3. The van der Waals surface area contributed by atoms with Crippen LogP contribution in [0, 0.1) is 0 Å². The molecule has 2 aliphatic heterocycles. The molecule has 0 bridgehead atoms. The zero-order valence-corrected chi connectivity index (χ0v) is 11.7. The molecule has 6 heteroatoms. The average Bonchev–Trinajstić information content (AvgIpc) is 2.93. The van der Waals surface area contributed by atoms with E-state index in [1.807, 2.05) is 13.0 Å². The molecule has 1 fully saturated rings. The molecule has 1 aromatic carbocycles. The highest BCUT2D eigenvalue weighted by atomic mass is 16.5.